The van der Waals surface area contributed by atoms with Gasteiger partial charge in [-0.1, -0.05) is 77.6 Å². The second kappa shape index (κ2) is 12.6. The molecule has 0 saturated carbocycles. The normalized spacial score (nSPS) is 11.0. The van der Waals surface area contributed by atoms with Crippen LogP contribution in [0.15, 0.2) is 10.9 Å². The summed E-state index contributed by atoms with van der Waals surface area (Å²) < 4.78 is 0.432. The average Bonchev–Trinajstić information content (AvgIpc) is 2.47. The molecule has 0 atom stereocenters. The summed E-state index contributed by atoms with van der Waals surface area (Å²) in [5.41, 5.74) is 0.860. The molecule has 3 nitrogen and oxygen atoms in total. The van der Waals surface area contributed by atoms with Crippen molar-refractivity contribution in [3.8, 4) is 0 Å². The Kier molecular flexibility index (Phi) is 11.0. The molecule has 0 bridgehead atoms. The maximum atomic E-state index is 11.3. The van der Waals surface area contributed by atoms with Crippen molar-refractivity contribution in [3.05, 3.63) is 26.9 Å². The number of hydrogen-bond acceptors (Lipinski definition) is 2. The number of H-pyrrole nitrogens is 2. The molecule has 22 heavy (non-hydrogen) atoms. The molecule has 0 fully saturated rings. The Morgan fingerprint density at radius 2 is 1.32 bits per heavy atom. The molecule has 0 aliphatic heterocycles. The van der Waals surface area contributed by atoms with Crippen molar-refractivity contribution in [3.63, 3.8) is 0 Å². The highest BCUT2D eigenvalue weighted by Crippen LogP contribution is 2.12. The quantitative estimate of drug-likeness (QED) is 0.362. The fraction of sp³-hybridized carbons (Fsp3) is 0.778. The fourth-order valence-corrected chi connectivity index (χ4v) is 3.04. The van der Waals surface area contributed by atoms with Gasteiger partial charge in [0.1, 0.15) is 0 Å². The van der Waals surface area contributed by atoms with Crippen LogP contribution in [-0.2, 0) is 6.42 Å². The van der Waals surface area contributed by atoms with E-state index < -0.39 is 0 Å². The van der Waals surface area contributed by atoms with E-state index in [1.807, 2.05) is 0 Å². The molecule has 126 valence electrons. The van der Waals surface area contributed by atoms with Crippen molar-refractivity contribution in [2.24, 2.45) is 0 Å². The van der Waals surface area contributed by atoms with Gasteiger partial charge in [0.15, 0.2) is 4.77 Å². The first kappa shape index (κ1) is 19.1. The Bertz CT molecular complexity index is 464. The van der Waals surface area contributed by atoms with Crippen LogP contribution in [0.1, 0.15) is 89.7 Å². The average molecular weight is 325 g/mol. The van der Waals surface area contributed by atoms with Gasteiger partial charge in [-0.25, -0.2) is 0 Å². The highest BCUT2D eigenvalue weighted by Gasteiger charge is 1.97. The molecule has 2 N–H and O–H groups in total. The summed E-state index contributed by atoms with van der Waals surface area (Å²) >= 11 is 4.97. The van der Waals surface area contributed by atoms with Gasteiger partial charge in [0, 0.05) is 11.8 Å². The Hall–Kier alpha value is -0.900. The van der Waals surface area contributed by atoms with Crippen molar-refractivity contribution in [2.75, 3.05) is 0 Å². The number of unbranched alkanes of at least 4 members (excludes halogenated alkanes) is 11. The summed E-state index contributed by atoms with van der Waals surface area (Å²) in [5.74, 6) is 0. The molecule has 0 unspecified atom stereocenters. The van der Waals surface area contributed by atoms with Gasteiger partial charge in [-0.15, -0.1) is 0 Å². The van der Waals surface area contributed by atoms with E-state index in [1.165, 1.54) is 70.6 Å². The Balaban J connectivity index is 1.91. The standard InChI is InChI=1S/C18H32N2OS/c1-2-3-4-5-6-7-8-9-10-11-12-13-14-16-15-17(21)20-18(22)19-16/h15H,2-14H2,1H3,(H2,19,20,21,22). The van der Waals surface area contributed by atoms with Crippen molar-refractivity contribution in [2.45, 2.75) is 90.4 Å². The number of aromatic amines is 2. The zero-order valence-electron chi connectivity index (χ0n) is 14.1. The summed E-state index contributed by atoms with van der Waals surface area (Å²) in [7, 11) is 0. The lowest BCUT2D eigenvalue weighted by Crippen LogP contribution is -2.08. The number of nitrogens with one attached hydrogen (secondary N) is 2. The minimum absolute atomic E-state index is 0.0994. The van der Waals surface area contributed by atoms with E-state index in [2.05, 4.69) is 16.9 Å². The van der Waals surface area contributed by atoms with Crippen molar-refractivity contribution in [1.82, 2.24) is 9.97 Å². The molecule has 0 amide bonds. The lowest BCUT2D eigenvalue weighted by Gasteiger charge is -2.03. The molecule has 0 saturated heterocycles. The third kappa shape index (κ3) is 9.93. The minimum atomic E-state index is -0.0994. The first-order chi connectivity index (χ1) is 10.7. The predicted octanol–water partition coefficient (Wildman–Crippen LogP) is 5.68. The van der Waals surface area contributed by atoms with E-state index in [0.717, 1.165) is 18.5 Å². The van der Waals surface area contributed by atoms with Crippen LogP contribution in [0.4, 0.5) is 0 Å². The van der Waals surface area contributed by atoms with Crippen molar-refractivity contribution in [1.29, 1.82) is 0 Å². The van der Waals surface area contributed by atoms with Gasteiger partial charge < -0.3 is 4.98 Å². The van der Waals surface area contributed by atoms with Gasteiger partial charge in [-0.05, 0) is 25.1 Å². The summed E-state index contributed by atoms with van der Waals surface area (Å²) in [6, 6.07) is 1.62. The van der Waals surface area contributed by atoms with Crippen LogP contribution in [-0.4, -0.2) is 9.97 Å². The van der Waals surface area contributed by atoms with Gasteiger partial charge >= 0.3 is 0 Å². The number of aromatic nitrogens is 2. The molecule has 1 aromatic heterocycles. The molecular weight excluding hydrogens is 292 g/mol. The SMILES string of the molecule is CCCCCCCCCCCCCCc1cc(=O)[nH]c(=S)[nH]1. The predicted molar refractivity (Wildman–Crippen MR) is 97.0 cm³/mol. The van der Waals surface area contributed by atoms with E-state index in [9.17, 15) is 4.79 Å². The third-order valence-corrected chi connectivity index (χ3v) is 4.32. The van der Waals surface area contributed by atoms with Crippen LogP contribution in [0.5, 0.6) is 0 Å². The molecule has 1 heterocycles. The van der Waals surface area contributed by atoms with E-state index >= 15 is 0 Å². The summed E-state index contributed by atoms with van der Waals surface area (Å²) in [6.07, 6.45) is 17.1. The molecule has 4 heteroatoms. The summed E-state index contributed by atoms with van der Waals surface area (Å²) in [4.78, 5) is 16.9. The van der Waals surface area contributed by atoms with Crippen LogP contribution in [0.3, 0.4) is 0 Å². The van der Waals surface area contributed by atoms with Crippen molar-refractivity contribution >= 4 is 12.2 Å². The Morgan fingerprint density at radius 1 is 0.818 bits per heavy atom. The molecule has 0 aliphatic rings. The van der Waals surface area contributed by atoms with Crippen LogP contribution >= 0.6 is 12.2 Å². The maximum absolute atomic E-state index is 11.3. The van der Waals surface area contributed by atoms with Crippen LogP contribution in [0.2, 0.25) is 0 Å². The number of hydrogen-bond donors (Lipinski definition) is 2. The molecule has 0 aliphatic carbocycles. The highest BCUT2D eigenvalue weighted by atomic mass is 32.1. The lowest BCUT2D eigenvalue weighted by atomic mass is 10.0. The van der Waals surface area contributed by atoms with Gasteiger partial charge in [0.2, 0.25) is 0 Å². The van der Waals surface area contributed by atoms with Gasteiger partial charge in [-0.3, -0.25) is 9.78 Å². The van der Waals surface area contributed by atoms with Gasteiger partial charge in [0.25, 0.3) is 5.56 Å². The van der Waals surface area contributed by atoms with Crippen molar-refractivity contribution < 1.29 is 0 Å². The van der Waals surface area contributed by atoms with Crippen LogP contribution < -0.4 is 5.56 Å². The fourth-order valence-electron chi connectivity index (χ4n) is 2.81. The molecule has 1 aromatic rings. The number of aryl methyl sites for hydroxylation is 1. The Morgan fingerprint density at radius 3 is 1.82 bits per heavy atom. The second-order valence-electron chi connectivity index (χ2n) is 6.25. The lowest BCUT2D eigenvalue weighted by molar-refractivity contribution is 0.543. The zero-order valence-corrected chi connectivity index (χ0v) is 14.9. The van der Waals surface area contributed by atoms with E-state index in [1.54, 1.807) is 6.07 Å². The van der Waals surface area contributed by atoms with E-state index in [4.69, 9.17) is 12.2 Å². The molecule has 0 aromatic carbocycles. The topological polar surface area (TPSA) is 48.6 Å². The molecular formula is C18H32N2OS. The first-order valence-corrected chi connectivity index (χ1v) is 9.45. The summed E-state index contributed by atoms with van der Waals surface area (Å²) in [5, 5.41) is 0. The van der Waals surface area contributed by atoms with Gasteiger partial charge in [0.05, 0.1) is 0 Å². The number of rotatable bonds is 13. The van der Waals surface area contributed by atoms with E-state index in [0.29, 0.717) is 4.77 Å². The molecule has 0 spiro atoms. The summed E-state index contributed by atoms with van der Waals surface area (Å²) in [6.45, 7) is 2.27. The zero-order chi connectivity index (χ0) is 16.0. The third-order valence-electron chi connectivity index (χ3n) is 4.12. The molecule has 0 radical (unpaired) electrons. The first-order valence-electron chi connectivity index (χ1n) is 9.05. The van der Waals surface area contributed by atoms with Gasteiger partial charge in [-0.2, -0.15) is 0 Å². The minimum Gasteiger partial charge on any atom is -0.336 e. The second-order valence-corrected chi connectivity index (χ2v) is 6.66. The van der Waals surface area contributed by atoms with Crippen LogP contribution in [0, 0.1) is 4.77 Å². The van der Waals surface area contributed by atoms with Crippen LogP contribution in [0.25, 0.3) is 0 Å². The highest BCUT2D eigenvalue weighted by molar-refractivity contribution is 7.71. The maximum Gasteiger partial charge on any atom is 0.251 e. The monoisotopic (exact) mass is 324 g/mol. The smallest absolute Gasteiger partial charge is 0.251 e. The Labute approximate surface area is 140 Å². The molecule has 1 rings (SSSR count). The van der Waals surface area contributed by atoms with E-state index in [-0.39, 0.29) is 5.56 Å². The largest absolute Gasteiger partial charge is 0.336 e.